The van der Waals surface area contributed by atoms with Crippen molar-refractivity contribution >= 4 is 13.7 Å². The molecule has 0 radical (unpaired) electrons. The van der Waals surface area contributed by atoms with Crippen LogP contribution in [0.5, 0.6) is 0 Å². The number of aldehydes is 1. The highest BCUT2D eigenvalue weighted by molar-refractivity contribution is 7.58. The molecule has 0 spiro atoms. The Bertz CT molecular complexity index is 160. The summed E-state index contributed by atoms with van der Waals surface area (Å²) in [6.07, 6.45) is 3.20. The molecule has 0 amide bonds. The van der Waals surface area contributed by atoms with E-state index in [2.05, 4.69) is 0 Å². The first-order chi connectivity index (χ1) is 5.68. The van der Waals surface area contributed by atoms with Gasteiger partial charge in [-0.1, -0.05) is 13.8 Å². The largest absolute Gasteiger partial charge is 0.328 e. The second kappa shape index (κ2) is 6.38. The molecule has 4 heteroatoms. The Labute approximate surface area is 73.9 Å². The highest BCUT2D eigenvalue weighted by atomic mass is 31.2. The fourth-order valence-corrected chi connectivity index (χ4v) is 2.08. The van der Waals surface area contributed by atoms with Crippen molar-refractivity contribution in [2.24, 2.45) is 0 Å². The fourth-order valence-electron chi connectivity index (χ4n) is 0.804. The molecule has 0 aliphatic carbocycles. The van der Waals surface area contributed by atoms with Crippen LogP contribution in [0.4, 0.5) is 0 Å². The van der Waals surface area contributed by atoms with E-state index in [0.717, 1.165) is 6.29 Å². The maximum atomic E-state index is 11.6. The van der Waals surface area contributed by atoms with Crippen molar-refractivity contribution in [2.75, 3.05) is 18.9 Å². The molecule has 0 saturated carbocycles. The van der Waals surface area contributed by atoms with E-state index in [-0.39, 0.29) is 0 Å². The zero-order chi connectivity index (χ0) is 9.45. The number of hydrogen-bond donors (Lipinski definition) is 0. The SMILES string of the molecule is CCP(=O)(CC)OCCCC=O. The monoisotopic (exact) mass is 192 g/mol. The molecule has 0 atom stereocenters. The Balaban J connectivity index is 3.59. The maximum absolute atomic E-state index is 11.6. The lowest BCUT2D eigenvalue weighted by molar-refractivity contribution is -0.108. The molecule has 0 aliphatic heterocycles. The van der Waals surface area contributed by atoms with Gasteiger partial charge >= 0.3 is 0 Å². The lowest BCUT2D eigenvalue weighted by Crippen LogP contribution is -1.98. The third-order valence-electron chi connectivity index (χ3n) is 1.76. The Hall–Kier alpha value is -0.140. The minimum Gasteiger partial charge on any atom is -0.328 e. The number of unbranched alkanes of at least 4 members (excludes halogenated alkanes) is 1. The van der Waals surface area contributed by atoms with Crippen molar-refractivity contribution in [1.29, 1.82) is 0 Å². The third-order valence-corrected chi connectivity index (χ3v) is 4.34. The summed E-state index contributed by atoms with van der Waals surface area (Å²) < 4.78 is 16.8. The highest BCUT2D eigenvalue weighted by Crippen LogP contribution is 2.45. The second-order valence-electron chi connectivity index (χ2n) is 2.59. The fraction of sp³-hybridized carbons (Fsp3) is 0.875. The lowest BCUT2D eigenvalue weighted by Gasteiger charge is -2.13. The summed E-state index contributed by atoms with van der Waals surface area (Å²) in [5, 5.41) is 0. The molecule has 0 rings (SSSR count). The van der Waals surface area contributed by atoms with Crippen molar-refractivity contribution in [3.05, 3.63) is 0 Å². The first-order valence-electron chi connectivity index (χ1n) is 4.34. The van der Waals surface area contributed by atoms with Crippen molar-refractivity contribution in [2.45, 2.75) is 26.7 Å². The minimum absolute atomic E-state index is 0.442. The summed E-state index contributed by atoms with van der Waals surface area (Å²) in [4.78, 5) is 9.94. The highest BCUT2D eigenvalue weighted by Gasteiger charge is 2.16. The molecule has 72 valence electrons. The first kappa shape index (κ1) is 11.9. The van der Waals surface area contributed by atoms with Crippen molar-refractivity contribution < 1.29 is 13.9 Å². The van der Waals surface area contributed by atoms with Crippen molar-refractivity contribution in [3.8, 4) is 0 Å². The maximum Gasteiger partial charge on any atom is 0.202 e. The molecule has 12 heavy (non-hydrogen) atoms. The topological polar surface area (TPSA) is 43.4 Å². The summed E-state index contributed by atoms with van der Waals surface area (Å²) >= 11 is 0. The van der Waals surface area contributed by atoms with Gasteiger partial charge in [0.1, 0.15) is 6.29 Å². The standard InChI is InChI=1S/C8H17O3P/c1-3-12(10,4-2)11-8-6-5-7-9/h7H,3-6,8H2,1-2H3. The van der Waals surface area contributed by atoms with Crippen LogP contribution in [0.25, 0.3) is 0 Å². The van der Waals surface area contributed by atoms with Crippen LogP contribution in [-0.4, -0.2) is 25.2 Å². The van der Waals surface area contributed by atoms with E-state index in [4.69, 9.17) is 4.52 Å². The summed E-state index contributed by atoms with van der Waals surface area (Å²) in [5.41, 5.74) is 0. The Kier molecular flexibility index (Phi) is 6.31. The molecule has 0 unspecified atom stereocenters. The first-order valence-corrected chi connectivity index (χ1v) is 6.34. The van der Waals surface area contributed by atoms with Crippen LogP contribution in [0.2, 0.25) is 0 Å². The number of rotatable bonds is 7. The van der Waals surface area contributed by atoms with Gasteiger partial charge in [0.15, 0.2) is 0 Å². The Morgan fingerprint density at radius 2 is 1.92 bits per heavy atom. The molecular weight excluding hydrogens is 175 g/mol. The second-order valence-corrected chi connectivity index (χ2v) is 5.74. The van der Waals surface area contributed by atoms with Gasteiger partial charge in [0.05, 0.1) is 6.61 Å². The zero-order valence-corrected chi connectivity index (χ0v) is 8.68. The quantitative estimate of drug-likeness (QED) is 0.353. The third kappa shape index (κ3) is 4.68. The number of hydrogen-bond acceptors (Lipinski definition) is 3. The molecule has 0 heterocycles. The van der Waals surface area contributed by atoms with Gasteiger partial charge in [0.2, 0.25) is 7.37 Å². The summed E-state index contributed by atoms with van der Waals surface area (Å²) in [7, 11) is -2.34. The van der Waals surface area contributed by atoms with Crippen LogP contribution in [-0.2, 0) is 13.9 Å². The van der Waals surface area contributed by atoms with Crippen LogP contribution in [0, 0.1) is 0 Å². The van der Waals surface area contributed by atoms with Crippen LogP contribution in [0.1, 0.15) is 26.7 Å². The van der Waals surface area contributed by atoms with E-state index >= 15 is 0 Å². The normalized spacial score (nSPS) is 11.5. The van der Waals surface area contributed by atoms with Crippen LogP contribution >= 0.6 is 7.37 Å². The van der Waals surface area contributed by atoms with Crippen LogP contribution in [0.3, 0.4) is 0 Å². The Morgan fingerprint density at radius 1 is 1.33 bits per heavy atom. The van der Waals surface area contributed by atoms with Gasteiger partial charge in [0.25, 0.3) is 0 Å². The van der Waals surface area contributed by atoms with Crippen LogP contribution in [0.15, 0.2) is 0 Å². The van der Waals surface area contributed by atoms with Gasteiger partial charge < -0.3 is 9.32 Å². The zero-order valence-electron chi connectivity index (χ0n) is 7.78. The van der Waals surface area contributed by atoms with E-state index in [1.54, 1.807) is 0 Å². The molecule has 0 bridgehead atoms. The van der Waals surface area contributed by atoms with E-state index < -0.39 is 7.37 Å². The Morgan fingerprint density at radius 3 is 2.33 bits per heavy atom. The lowest BCUT2D eigenvalue weighted by atomic mass is 10.4. The van der Waals surface area contributed by atoms with E-state index in [9.17, 15) is 9.36 Å². The molecule has 0 aliphatic rings. The molecule has 3 nitrogen and oxygen atoms in total. The van der Waals surface area contributed by atoms with E-state index in [0.29, 0.717) is 31.8 Å². The van der Waals surface area contributed by atoms with Gasteiger partial charge in [-0.2, -0.15) is 0 Å². The average molecular weight is 192 g/mol. The van der Waals surface area contributed by atoms with Gasteiger partial charge in [-0.05, 0) is 6.42 Å². The molecule has 0 fully saturated rings. The van der Waals surface area contributed by atoms with Gasteiger partial charge in [-0.15, -0.1) is 0 Å². The molecule has 0 aromatic carbocycles. The van der Waals surface area contributed by atoms with Gasteiger partial charge in [-0.3, -0.25) is 4.57 Å². The molecule has 0 N–H and O–H groups in total. The number of carbonyl (C=O) groups excluding carboxylic acids is 1. The number of carbonyl (C=O) groups is 1. The van der Waals surface area contributed by atoms with E-state index in [1.165, 1.54) is 0 Å². The molecule has 0 saturated heterocycles. The van der Waals surface area contributed by atoms with Crippen molar-refractivity contribution in [3.63, 3.8) is 0 Å². The van der Waals surface area contributed by atoms with Crippen LogP contribution < -0.4 is 0 Å². The summed E-state index contributed by atoms with van der Waals surface area (Å²) in [6.45, 7) is 4.17. The molecule has 0 aromatic heterocycles. The van der Waals surface area contributed by atoms with Crippen molar-refractivity contribution in [1.82, 2.24) is 0 Å². The predicted molar refractivity (Wildman–Crippen MR) is 49.9 cm³/mol. The van der Waals surface area contributed by atoms with E-state index in [1.807, 2.05) is 13.8 Å². The molecular formula is C8H17O3P. The average Bonchev–Trinajstić information content (AvgIpc) is 2.12. The van der Waals surface area contributed by atoms with Gasteiger partial charge in [-0.25, -0.2) is 0 Å². The summed E-state index contributed by atoms with van der Waals surface area (Å²) in [5.74, 6) is 0. The van der Waals surface area contributed by atoms with Gasteiger partial charge in [0, 0.05) is 18.7 Å². The minimum atomic E-state index is -2.34. The molecule has 0 aromatic rings. The predicted octanol–water partition coefficient (Wildman–Crippen LogP) is 2.30. The summed E-state index contributed by atoms with van der Waals surface area (Å²) in [6, 6.07) is 0. The smallest absolute Gasteiger partial charge is 0.202 e.